The van der Waals surface area contributed by atoms with Crippen molar-refractivity contribution < 1.29 is 9.90 Å². The average molecular weight is 274 g/mol. The highest BCUT2D eigenvalue weighted by atomic mass is 16.3. The third-order valence-electron chi connectivity index (χ3n) is 3.60. The number of urea groups is 1. The van der Waals surface area contributed by atoms with Gasteiger partial charge in [-0.3, -0.25) is 0 Å². The molecular formula is C14H18N4O2. The molecule has 1 aromatic heterocycles. The summed E-state index contributed by atoms with van der Waals surface area (Å²) in [6, 6.07) is -0.306. The van der Waals surface area contributed by atoms with Gasteiger partial charge in [0.2, 0.25) is 0 Å². The largest absolute Gasteiger partial charge is 0.396 e. The van der Waals surface area contributed by atoms with Crippen LogP contribution >= 0.6 is 0 Å². The fraction of sp³-hybridized carbons (Fsp3) is 0.500. The van der Waals surface area contributed by atoms with E-state index >= 15 is 0 Å². The van der Waals surface area contributed by atoms with Crippen molar-refractivity contribution in [2.75, 3.05) is 11.9 Å². The summed E-state index contributed by atoms with van der Waals surface area (Å²) in [6.45, 7) is 0.118. The van der Waals surface area contributed by atoms with Crippen LogP contribution in [0.5, 0.6) is 0 Å². The lowest BCUT2D eigenvalue weighted by Gasteiger charge is -2.13. The number of amides is 2. The number of aliphatic hydroxyl groups is 1. The zero-order chi connectivity index (χ0) is 13.9. The Morgan fingerprint density at radius 3 is 2.65 bits per heavy atom. The SMILES string of the molecule is O=C(Nc1cnc(C2CC2)nc1)N[C@@H]1C=C[C@H](CO)C1. The van der Waals surface area contributed by atoms with Crippen LogP contribution in [-0.4, -0.2) is 33.8 Å². The van der Waals surface area contributed by atoms with Gasteiger partial charge < -0.3 is 15.7 Å². The number of nitrogens with zero attached hydrogens (tertiary/aromatic N) is 2. The quantitative estimate of drug-likeness (QED) is 0.724. The molecule has 0 spiro atoms. The van der Waals surface area contributed by atoms with Gasteiger partial charge in [0.15, 0.2) is 0 Å². The lowest BCUT2D eigenvalue weighted by atomic mass is 10.1. The molecule has 0 radical (unpaired) electrons. The Bertz CT molecular complexity index is 510. The topological polar surface area (TPSA) is 87.1 Å². The van der Waals surface area contributed by atoms with Crippen molar-refractivity contribution in [3.8, 4) is 0 Å². The molecule has 1 heterocycles. The fourth-order valence-electron chi connectivity index (χ4n) is 2.31. The van der Waals surface area contributed by atoms with Gasteiger partial charge in [-0.1, -0.05) is 12.2 Å². The third-order valence-corrected chi connectivity index (χ3v) is 3.60. The van der Waals surface area contributed by atoms with Gasteiger partial charge in [-0.2, -0.15) is 0 Å². The van der Waals surface area contributed by atoms with Gasteiger partial charge in [-0.25, -0.2) is 14.8 Å². The van der Waals surface area contributed by atoms with Crippen molar-refractivity contribution in [2.45, 2.75) is 31.2 Å². The second-order valence-electron chi connectivity index (χ2n) is 5.37. The molecule has 2 aliphatic rings. The van der Waals surface area contributed by atoms with E-state index in [4.69, 9.17) is 5.11 Å². The molecule has 2 aliphatic carbocycles. The lowest BCUT2D eigenvalue weighted by molar-refractivity contribution is 0.238. The summed E-state index contributed by atoms with van der Waals surface area (Å²) < 4.78 is 0. The van der Waals surface area contributed by atoms with Gasteiger partial charge in [-0.15, -0.1) is 0 Å². The Balaban J connectivity index is 1.49. The number of hydrogen-bond acceptors (Lipinski definition) is 4. The van der Waals surface area contributed by atoms with Crippen LogP contribution in [0.15, 0.2) is 24.5 Å². The number of aliphatic hydroxyl groups excluding tert-OH is 1. The van der Waals surface area contributed by atoms with Crippen molar-refractivity contribution in [3.63, 3.8) is 0 Å². The van der Waals surface area contributed by atoms with Crippen molar-refractivity contribution in [1.82, 2.24) is 15.3 Å². The number of nitrogens with one attached hydrogen (secondary N) is 2. The normalized spacial score (nSPS) is 24.6. The minimum atomic E-state index is -0.277. The Labute approximate surface area is 117 Å². The van der Waals surface area contributed by atoms with Crippen molar-refractivity contribution in [3.05, 3.63) is 30.4 Å². The smallest absolute Gasteiger partial charge is 0.319 e. The molecule has 3 rings (SSSR count). The summed E-state index contributed by atoms with van der Waals surface area (Å²) in [5.41, 5.74) is 0.590. The summed E-state index contributed by atoms with van der Waals surface area (Å²) in [5, 5.41) is 14.6. The molecule has 0 aliphatic heterocycles. The highest BCUT2D eigenvalue weighted by molar-refractivity contribution is 5.89. The van der Waals surface area contributed by atoms with E-state index in [0.717, 1.165) is 25.1 Å². The maximum absolute atomic E-state index is 11.8. The molecule has 1 saturated carbocycles. The molecule has 0 bridgehead atoms. The van der Waals surface area contributed by atoms with E-state index in [2.05, 4.69) is 20.6 Å². The monoisotopic (exact) mass is 274 g/mol. The van der Waals surface area contributed by atoms with E-state index in [9.17, 15) is 4.79 Å². The summed E-state index contributed by atoms with van der Waals surface area (Å²) >= 11 is 0. The lowest BCUT2D eigenvalue weighted by Crippen LogP contribution is -2.36. The van der Waals surface area contributed by atoms with Crippen molar-refractivity contribution in [2.24, 2.45) is 5.92 Å². The van der Waals surface area contributed by atoms with E-state index in [1.807, 2.05) is 12.2 Å². The molecule has 6 nitrogen and oxygen atoms in total. The number of carbonyl (C=O) groups excluding carboxylic acids is 1. The van der Waals surface area contributed by atoms with Gasteiger partial charge in [0.25, 0.3) is 0 Å². The number of aromatic nitrogens is 2. The van der Waals surface area contributed by atoms with Gasteiger partial charge in [0, 0.05) is 24.5 Å². The first kappa shape index (κ1) is 13.1. The summed E-state index contributed by atoms with van der Waals surface area (Å²) in [4.78, 5) is 20.3. The first-order chi connectivity index (χ1) is 9.74. The predicted molar refractivity (Wildman–Crippen MR) is 74.3 cm³/mol. The van der Waals surface area contributed by atoms with Crippen LogP contribution in [-0.2, 0) is 0 Å². The molecular weight excluding hydrogens is 256 g/mol. The van der Waals surface area contributed by atoms with E-state index < -0.39 is 0 Å². The molecule has 6 heteroatoms. The minimum absolute atomic E-state index is 0.0289. The minimum Gasteiger partial charge on any atom is -0.396 e. The van der Waals surface area contributed by atoms with Crippen molar-refractivity contribution in [1.29, 1.82) is 0 Å². The molecule has 0 aromatic carbocycles. The molecule has 2 atom stereocenters. The fourth-order valence-corrected chi connectivity index (χ4v) is 2.31. The predicted octanol–water partition coefficient (Wildman–Crippen LogP) is 1.41. The number of carbonyl (C=O) groups is 1. The van der Waals surface area contributed by atoms with E-state index in [1.165, 1.54) is 0 Å². The molecule has 2 amide bonds. The zero-order valence-electron chi connectivity index (χ0n) is 11.1. The highest BCUT2D eigenvalue weighted by Gasteiger charge is 2.26. The second kappa shape index (κ2) is 5.58. The van der Waals surface area contributed by atoms with Gasteiger partial charge >= 0.3 is 6.03 Å². The Hall–Kier alpha value is -1.95. The summed E-state index contributed by atoms with van der Waals surface area (Å²) in [6.07, 6.45) is 10.2. The van der Waals surface area contributed by atoms with Crippen LogP contribution in [0.1, 0.15) is 31.0 Å². The van der Waals surface area contributed by atoms with Crippen LogP contribution in [0.2, 0.25) is 0 Å². The van der Waals surface area contributed by atoms with E-state index in [-0.39, 0.29) is 24.6 Å². The van der Waals surface area contributed by atoms with E-state index in [1.54, 1.807) is 12.4 Å². The van der Waals surface area contributed by atoms with Gasteiger partial charge in [0.05, 0.1) is 18.1 Å². The average Bonchev–Trinajstić information content (AvgIpc) is 3.20. The van der Waals surface area contributed by atoms with Crippen LogP contribution in [0, 0.1) is 5.92 Å². The standard InChI is InChI=1S/C14H18N4O2/c19-8-9-1-4-11(5-9)17-14(20)18-12-6-15-13(16-7-12)10-2-3-10/h1,4,6-7,9-11,19H,2-3,5,8H2,(H2,17,18,20)/t9-,11+/m0/s1. The molecule has 20 heavy (non-hydrogen) atoms. The number of anilines is 1. The molecule has 106 valence electrons. The maximum atomic E-state index is 11.8. The van der Waals surface area contributed by atoms with Gasteiger partial charge in [0.1, 0.15) is 5.82 Å². The Morgan fingerprint density at radius 1 is 1.30 bits per heavy atom. The molecule has 0 unspecified atom stereocenters. The Morgan fingerprint density at radius 2 is 2.05 bits per heavy atom. The number of rotatable bonds is 4. The van der Waals surface area contributed by atoms with Crippen LogP contribution in [0.4, 0.5) is 10.5 Å². The van der Waals surface area contributed by atoms with Crippen LogP contribution in [0.25, 0.3) is 0 Å². The second-order valence-corrected chi connectivity index (χ2v) is 5.37. The maximum Gasteiger partial charge on any atom is 0.319 e. The molecule has 1 aromatic rings. The van der Waals surface area contributed by atoms with Crippen LogP contribution < -0.4 is 10.6 Å². The molecule has 0 saturated heterocycles. The summed E-state index contributed by atoms with van der Waals surface area (Å²) in [5.74, 6) is 1.51. The van der Waals surface area contributed by atoms with E-state index in [0.29, 0.717) is 11.6 Å². The zero-order valence-corrected chi connectivity index (χ0v) is 11.1. The first-order valence-corrected chi connectivity index (χ1v) is 6.93. The van der Waals surface area contributed by atoms with Crippen LogP contribution in [0.3, 0.4) is 0 Å². The molecule has 1 fully saturated rings. The molecule has 3 N–H and O–H groups in total. The Kier molecular flexibility index (Phi) is 3.64. The highest BCUT2D eigenvalue weighted by Crippen LogP contribution is 2.37. The van der Waals surface area contributed by atoms with Crippen molar-refractivity contribution >= 4 is 11.7 Å². The van der Waals surface area contributed by atoms with Gasteiger partial charge in [-0.05, 0) is 19.3 Å². The summed E-state index contributed by atoms with van der Waals surface area (Å²) in [7, 11) is 0. The third kappa shape index (κ3) is 3.14. The first-order valence-electron chi connectivity index (χ1n) is 6.93. The number of hydrogen-bond donors (Lipinski definition) is 3.